The molecule has 1 unspecified atom stereocenters. The van der Waals surface area contributed by atoms with E-state index in [1.807, 2.05) is 13.8 Å². The monoisotopic (exact) mass is 491 g/mol. The summed E-state index contributed by atoms with van der Waals surface area (Å²) in [5.74, 6) is 0.919. The van der Waals surface area contributed by atoms with Crippen LogP contribution in [0.1, 0.15) is 44.4 Å². The number of hydrogen-bond donors (Lipinski definition) is 2. The summed E-state index contributed by atoms with van der Waals surface area (Å²) in [5.41, 5.74) is 1.17. The van der Waals surface area contributed by atoms with Gasteiger partial charge in [0, 0.05) is 24.7 Å². The third-order valence-corrected chi connectivity index (χ3v) is 6.95. The van der Waals surface area contributed by atoms with Gasteiger partial charge in [0.2, 0.25) is 0 Å². The number of nitrogens with zero attached hydrogens (tertiary/aromatic N) is 3. The van der Waals surface area contributed by atoms with Crippen LogP contribution < -0.4 is 10.3 Å². The Kier molecular flexibility index (Phi) is 8.64. The molecule has 1 atom stereocenters. The van der Waals surface area contributed by atoms with E-state index in [1.165, 1.54) is 0 Å². The van der Waals surface area contributed by atoms with Gasteiger partial charge in [-0.05, 0) is 44.7 Å². The quantitative estimate of drug-likeness (QED) is 0.198. The maximum absolute atomic E-state index is 13.1. The first-order valence-corrected chi connectivity index (χ1v) is 12.3. The molecule has 0 radical (unpaired) electrons. The first kappa shape index (κ1) is 25.7. The second-order valence-electron chi connectivity index (χ2n) is 8.02. The minimum Gasteiger partial charge on any atom is -0.593 e. The first-order chi connectivity index (χ1) is 16.2. The maximum atomic E-state index is 13.1. The van der Waals surface area contributed by atoms with Gasteiger partial charge >= 0.3 is 0 Å². The summed E-state index contributed by atoms with van der Waals surface area (Å²) in [5, 5.41) is 17.8. The van der Waals surface area contributed by atoms with Gasteiger partial charge in [0.05, 0.1) is 41.5 Å². The number of ether oxygens (including phenoxy) is 1. The van der Waals surface area contributed by atoms with Gasteiger partial charge in [-0.25, -0.2) is 4.98 Å². The van der Waals surface area contributed by atoms with Crippen LogP contribution in [-0.2, 0) is 16.2 Å². The van der Waals surface area contributed by atoms with Crippen LogP contribution in [0, 0.1) is 28.4 Å². The maximum Gasteiger partial charge on any atom is 0.294 e. The number of hydrogen-bond acceptors (Lipinski definition) is 9. The van der Waals surface area contributed by atoms with Crippen LogP contribution >= 0.6 is 0 Å². The highest BCUT2D eigenvalue weighted by Crippen LogP contribution is 2.33. The lowest BCUT2D eigenvalue weighted by Crippen LogP contribution is -2.50. The van der Waals surface area contributed by atoms with E-state index in [9.17, 15) is 19.5 Å². The average molecular weight is 492 g/mol. The topological polar surface area (TPSA) is 158 Å². The summed E-state index contributed by atoms with van der Waals surface area (Å²) in [6.07, 6.45) is 1.78. The van der Waals surface area contributed by atoms with Crippen molar-refractivity contribution < 1.29 is 19.2 Å². The molecule has 1 aromatic carbocycles. The Morgan fingerprint density at radius 3 is 2.76 bits per heavy atom. The molecule has 0 spiro atoms. The van der Waals surface area contributed by atoms with Crippen molar-refractivity contribution in [2.75, 3.05) is 26.3 Å². The van der Waals surface area contributed by atoms with Gasteiger partial charge in [0.25, 0.3) is 10.6 Å². The molecule has 3 rings (SSSR count). The lowest BCUT2D eigenvalue weighted by molar-refractivity contribution is -0.758. The predicted octanol–water partition coefficient (Wildman–Crippen LogP) is 2.86. The van der Waals surface area contributed by atoms with E-state index in [0.29, 0.717) is 60.0 Å². The minimum absolute atomic E-state index is 0.0210. The summed E-state index contributed by atoms with van der Waals surface area (Å²) in [6.45, 7) is 6.92. The smallest absolute Gasteiger partial charge is 0.294 e. The zero-order chi connectivity index (χ0) is 24.8. The summed E-state index contributed by atoms with van der Waals surface area (Å²) in [7, 11) is 0. The number of aromatic nitrogens is 2. The van der Waals surface area contributed by atoms with Crippen molar-refractivity contribution >= 4 is 17.1 Å². The molecule has 0 bridgehead atoms. The van der Waals surface area contributed by atoms with E-state index >= 15 is 0 Å². The van der Waals surface area contributed by atoms with Crippen molar-refractivity contribution in [1.82, 2.24) is 14.3 Å². The Labute approximate surface area is 200 Å². The van der Waals surface area contributed by atoms with Crippen LogP contribution in [0.2, 0.25) is 0 Å². The predicted molar refractivity (Wildman–Crippen MR) is 127 cm³/mol. The summed E-state index contributed by atoms with van der Waals surface area (Å²) >= 11 is -1.46. The van der Waals surface area contributed by atoms with Gasteiger partial charge in [-0.3, -0.25) is 4.79 Å². The molecule has 0 saturated carbocycles. The fourth-order valence-corrected chi connectivity index (χ4v) is 5.08. The van der Waals surface area contributed by atoms with Gasteiger partial charge in [0.15, 0.2) is 4.90 Å². The van der Waals surface area contributed by atoms with Crippen LogP contribution in [-0.4, -0.2) is 55.9 Å². The molecule has 0 aliphatic carbocycles. The fraction of sp³-hybridized carbons (Fsp3) is 0.500. The molecule has 34 heavy (non-hydrogen) atoms. The highest BCUT2D eigenvalue weighted by Gasteiger charge is 2.37. The Morgan fingerprint density at radius 1 is 1.38 bits per heavy atom. The number of benzene rings is 1. The molecule has 1 aromatic heterocycles. The van der Waals surface area contributed by atoms with E-state index in [0.717, 1.165) is 6.42 Å². The van der Waals surface area contributed by atoms with E-state index in [2.05, 4.69) is 14.8 Å². The second kappa shape index (κ2) is 11.4. The van der Waals surface area contributed by atoms with Crippen molar-refractivity contribution in [1.29, 1.82) is 5.41 Å². The Bertz CT molecular complexity index is 1100. The SMILES string of the molecule is CCCC(=N)c1nc(-c2cc([S+]([O-])N3CC(CCO[N+](=O)[O-])C3)ccc2OCC)[nH]c(=O)c1C. The van der Waals surface area contributed by atoms with Gasteiger partial charge < -0.3 is 24.5 Å². The van der Waals surface area contributed by atoms with Crippen molar-refractivity contribution in [3.05, 3.63) is 49.9 Å². The Hall–Kier alpha value is -2.96. The molecule has 2 aromatic rings. The zero-order valence-corrected chi connectivity index (χ0v) is 20.3. The van der Waals surface area contributed by atoms with Gasteiger partial charge in [-0.1, -0.05) is 13.3 Å². The molecule has 1 aliphatic heterocycles. The summed E-state index contributed by atoms with van der Waals surface area (Å²) in [6, 6.07) is 5.09. The standard InChI is InChI=1S/C22H29N5O6S/c1-4-6-18(23)20-14(3)22(28)25-21(24-20)17-11-16(7-8-19(17)32-5-2)34(31)26-12-15(13-26)9-10-33-27(29)30/h7-8,11,15,23H,4-6,9-10,12-13H2,1-3H3,(H,24,25,28). The van der Waals surface area contributed by atoms with E-state index in [-0.39, 0.29) is 29.6 Å². The Balaban J connectivity index is 1.86. The summed E-state index contributed by atoms with van der Waals surface area (Å²) in [4.78, 5) is 35.1. The van der Waals surface area contributed by atoms with Gasteiger partial charge in [0.1, 0.15) is 11.6 Å². The third-order valence-electron chi connectivity index (χ3n) is 5.53. The molecule has 1 aliphatic rings. The Morgan fingerprint density at radius 2 is 2.12 bits per heavy atom. The molecule has 11 nitrogen and oxygen atoms in total. The second-order valence-corrected chi connectivity index (χ2v) is 9.50. The lowest BCUT2D eigenvalue weighted by Gasteiger charge is -2.37. The molecular weight excluding hydrogens is 462 g/mol. The van der Waals surface area contributed by atoms with E-state index < -0.39 is 16.4 Å². The highest BCUT2D eigenvalue weighted by atomic mass is 32.2. The molecule has 1 saturated heterocycles. The minimum atomic E-state index is -1.46. The van der Waals surface area contributed by atoms with Crippen LogP contribution in [0.4, 0.5) is 0 Å². The number of nitrogens with one attached hydrogen (secondary N) is 2. The fourth-order valence-electron chi connectivity index (χ4n) is 3.69. The normalized spacial score (nSPS) is 14.9. The molecule has 2 N–H and O–H groups in total. The first-order valence-electron chi connectivity index (χ1n) is 11.1. The van der Waals surface area contributed by atoms with Crippen LogP contribution in [0.25, 0.3) is 11.4 Å². The number of aromatic amines is 1. The zero-order valence-electron chi connectivity index (χ0n) is 19.5. The largest absolute Gasteiger partial charge is 0.593 e. The molecular formula is C22H29N5O6S. The third kappa shape index (κ3) is 5.93. The number of H-pyrrole nitrogens is 1. The van der Waals surface area contributed by atoms with Crippen LogP contribution in [0.15, 0.2) is 27.9 Å². The van der Waals surface area contributed by atoms with Crippen molar-refractivity contribution in [2.24, 2.45) is 5.92 Å². The lowest BCUT2D eigenvalue weighted by atomic mass is 10.0. The van der Waals surface area contributed by atoms with Gasteiger partial charge in [-0.2, -0.15) is 0 Å². The highest BCUT2D eigenvalue weighted by molar-refractivity contribution is 7.89. The van der Waals surface area contributed by atoms with Gasteiger partial charge in [-0.15, -0.1) is 14.4 Å². The molecule has 2 heterocycles. The molecule has 12 heteroatoms. The van der Waals surface area contributed by atoms with Crippen LogP contribution in [0.5, 0.6) is 5.75 Å². The number of rotatable bonds is 12. The molecule has 1 fully saturated rings. The summed E-state index contributed by atoms with van der Waals surface area (Å²) < 4.78 is 20.6. The molecule has 184 valence electrons. The van der Waals surface area contributed by atoms with E-state index in [1.54, 1.807) is 29.4 Å². The van der Waals surface area contributed by atoms with Crippen molar-refractivity contribution in [3.63, 3.8) is 0 Å². The van der Waals surface area contributed by atoms with Crippen LogP contribution in [0.3, 0.4) is 0 Å². The van der Waals surface area contributed by atoms with Crippen molar-refractivity contribution in [3.8, 4) is 17.1 Å². The van der Waals surface area contributed by atoms with Crippen molar-refractivity contribution in [2.45, 2.75) is 44.9 Å². The van der Waals surface area contributed by atoms with E-state index in [4.69, 9.17) is 10.1 Å². The molecule has 0 amide bonds. The average Bonchev–Trinajstić information content (AvgIpc) is 2.77.